The zero-order valence-electron chi connectivity index (χ0n) is 35.7. The number of carboxylic acid groups (broad SMARTS) is 2. The van der Waals surface area contributed by atoms with Crippen molar-refractivity contribution in [3.8, 4) is 0 Å². The third kappa shape index (κ3) is 14.5. The van der Waals surface area contributed by atoms with Crippen LogP contribution in [0.1, 0.15) is 61.8 Å². The first-order valence-corrected chi connectivity index (χ1v) is 21.1. The molecule has 0 bridgehead atoms. The van der Waals surface area contributed by atoms with Gasteiger partial charge in [0.05, 0.1) is 25.3 Å². The fraction of sp³-hybridized carbons (Fsp3) is 0.375. The second-order valence-corrected chi connectivity index (χ2v) is 15.1. The van der Waals surface area contributed by atoms with Gasteiger partial charge in [0.1, 0.15) is 25.2 Å². The molecule has 4 aromatic rings. The predicted octanol–water partition coefficient (Wildman–Crippen LogP) is 5.57. The first-order chi connectivity index (χ1) is 30.0. The van der Waals surface area contributed by atoms with E-state index in [1.807, 2.05) is 84.9 Å². The lowest BCUT2D eigenvalue weighted by Gasteiger charge is -2.27. The molecule has 2 aliphatic heterocycles. The fourth-order valence-corrected chi connectivity index (χ4v) is 7.76. The maximum absolute atomic E-state index is 13.3. The van der Waals surface area contributed by atoms with Crippen LogP contribution in [0, 0.1) is 0 Å². The van der Waals surface area contributed by atoms with Gasteiger partial charge >= 0.3 is 23.9 Å². The molecule has 336 valence electrons. The molecular formula is C48H57ClN4O10. The van der Waals surface area contributed by atoms with Crippen molar-refractivity contribution in [2.24, 2.45) is 0 Å². The number of para-hydroxylation sites is 2. The van der Waals surface area contributed by atoms with Gasteiger partial charge in [-0.3, -0.25) is 49.2 Å². The minimum atomic E-state index is -1.09. The zero-order valence-corrected chi connectivity index (χ0v) is 36.5. The third-order valence-electron chi connectivity index (χ3n) is 10.8. The summed E-state index contributed by atoms with van der Waals surface area (Å²) in [7, 11) is 0. The molecule has 2 aliphatic rings. The van der Waals surface area contributed by atoms with Crippen molar-refractivity contribution >= 4 is 59.5 Å². The monoisotopic (exact) mass is 884 g/mol. The summed E-state index contributed by atoms with van der Waals surface area (Å²) in [5.41, 5.74) is 5.22. The summed E-state index contributed by atoms with van der Waals surface area (Å²) in [6.45, 7) is 3.13. The molecule has 14 nitrogen and oxygen atoms in total. The smallest absolute Gasteiger partial charge is 0.323 e. The number of esters is 2. The van der Waals surface area contributed by atoms with Crippen LogP contribution >= 0.6 is 12.4 Å². The SMILES string of the molecule is CCOC(=O)[C@H](CCc1ccccc1)N[C@H]1CCc2ccccc2N(CC(=O)O)C1=O.CCOC(=O)[C@H](CCc1ccccc1)N[C@H]1CCc2ccccc2N(CC(=O)O)C1=O.Cl. The molecule has 0 fully saturated rings. The second-order valence-electron chi connectivity index (χ2n) is 15.1. The van der Waals surface area contributed by atoms with Crippen LogP contribution in [0.5, 0.6) is 0 Å². The number of fused-ring (bicyclic) bond motifs is 2. The first-order valence-electron chi connectivity index (χ1n) is 21.1. The Bertz CT molecular complexity index is 1990. The van der Waals surface area contributed by atoms with Crippen molar-refractivity contribution in [3.05, 3.63) is 131 Å². The zero-order chi connectivity index (χ0) is 44.4. The average molecular weight is 885 g/mol. The van der Waals surface area contributed by atoms with E-state index in [1.165, 1.54) is 9.80 Å². The van der Waals surface area contributed by atoms with Crippen LogP contribution in [0.25, 0.3) is 0 Å². The van der Waals surface area contributed by atoms with Crippen LogP contribution in [0.2, 0.25) is 0 Å². The Morgan fingerprint density at radius 1 is 0.587 bits per heavy atom. The topological polar surface area (TPSA) is 192 Å². The summed E-state index contributed by atoms with van der Waals surface area (Å²) >= 11 is 0. The minimum Gasteiger partial charge on any atom is -0.480 e. The van der Waals surface area contributed by atoms with Gasteiger partial charge in [-0.15, -0.1) is 12.4 Å². The van der Waals surface area contributed by atoms with Crippen LogP contribution in [-0.2, 0) is 63.9 Å². The number of halogens is 1. The van der Waals surface area contributed by atoms with E-state index in [2.05, 4.69) is 10.6 Å². The predicted molar refractivity (Wildman–Crippen MR) is 241 cm³/mol. The first kappa shape index (κ1) is 49.6. The molecule has 2 amide bonds. The average Bonchev–Trinajstić information content (AvgIpc) is 3.48. The number of hydrogen-bond donors (Lipinski definition) is 4. The van der Waals surface area contributed by atoms with Crippen molar-refractivity contribution in [2.45, 2.75) is 89.4 Å². The van der Waals surface area contributed by atoms with E-state index < -0.39 is 61.1 Å². The normalized spacial score (nSPS) is 16.6. The molecule has 0 spiro atoms. The molecule has 0 aliphatic carbocycles. The Balaban J connectivity index is 0.000000272. The standard InChI is InChI=1S/2C24H28N2O5.ClH/c2*1-2-31-24(30)20(14-12-17-8-4-3-5-9-17)25-19-15-13-18-10-6-7-11-21(18)26(23(19)29)16-22(27)28;/h2*3-11,19-20,25H,2,12-16H2,1H3,(H,27,28);1H/t2*19-,20-;/m00./s1. The fourth-order valence-electron chi connectivity index (χ4n) is 7.76. The number of hydrogen-bond acceptors (Lipinski definition) is 10. The lowest BCUT2D eigenvalue weighted by atomic mass is 10.0. The van der Waals surface area contributed by atoms with Crippen LogP contribution in [-0.4, -0.2) is 96.4 Å². The Hall–Kier alpha value is -6.09. The number of aliphatic carboxylic acids is 2. The summed E-state index contributed by atoms with van der Waals surface area (Å²) in [4.78, 5) is 77.2. The van der Waals surface area contributed by atoms with Gasteiger partial charge in [-0.2, -0.15) is 0 Å². The number of nitrogens with zero attached hydrogens (tertiary/aromatic N) is 2. The summed E-state index contributed by atoms with van der Waals surface area (Å²) in [6.07, 6.45) is 4.37. The third-order valence-corrected chi connectivity index (χ3v) is 10.8. The molecule has 0 aromatic heterocycles. The van der Waals surface area contributed by atoms with Crippen molar-refractivity contribution < 1.29 is 48.5 Å². The van der Waals surface area contributed by atoms with Crippen LogP contribution in [0.4, 0.5) is 11.4 Å². The number of carbonyl (C=O) groups is 6. The molecule has 15 heteroatoms. The molecule has 4 N–H and O–H groups in total. The quantitative estimate of drug-likeness (QED) is 0.0911. The molecule has 0 saturated carbocycles. The highest BCUT2D eigenvalue weighted by Gasteiger charge is 2.36. The van der Waals surface area contributed by atoms with Gasteiger partial charge in [-0.1, -0.05) is 97.1 Å². The van der Waals surface area contributed by atoms with E-state index in [0.717, 1.165) is 22.3 Å². The lowest BCUT2D eigenvalue weighted by molar-refractivity contribution is -0.147. The molecule has 4 atom stereocenters. The van der Waals surface area contributed by atoms with Gasteiger partial charge in [0.2, 0.25) is 11.8 Å². The highest BCUT2D eigenvalue weighted by Crippen LogP contribution is 2.29. The number of carboxylic acids is 2. The Morgan fingerprint density at radius 3 is 1.29 bits per heavy atom. The molecule has 0 unspecified atom stereocenters. The van der Waals surface area contributed by atoms with E-state index in [9.17, 15) is 39.0 Å². The van der Waals surface area contributed by atoms with E-state index in [4.69, 9.17) is 9.47 Å². The summed E-state index contributed by atoms with van der Waals surface area (Å²) < 4.78 is 10.5. The summed E-state index contributed by atoms with van der Waals surface area (Å²) in [5, 5.41) is 25.1. The summed E-state index contributed by atoms with van der Waals surface area (Å²) in [6, 6.07) is 31.5. The van der Waals surface area contributed by atoms with Gasteiger partial charge in [0.15, 0.2) is 0 Å². The van der Waals surface area contributed by atoms with E-state index in [-0.39, 0.29) is 37.4 Å². The maximum Gasteiger partial charge on any atom is 0.323 e. The Labute approximate surface area is 374 Å². The van der Waals surface area contributed by atoms with Gasteiger partial charge in [-0.25, -0.2) is 0 Å². The Kier molecular flexibility index (Phi) is 19.8. The summed E-state index contributed by atoms with van der Waals surface area (Å²) in [5.74, 6) is -3.68. The van der Waals surface area contributed by atoms with Gasteiger partial charge in [-0.05, 0) is 99.6 Å². The number of aryl methyl sites for hydroxylation is 4. The van der Waals surface area contributed by atoms with Gasteiger partial charge in [0.25, 0.3) is 0 Å². The Morgan fingerprint density at radius 2 is 0.937 bits per heavy atom. The molecule has 63 heavy (non-hydrogen) atoms. The minimum absolute atomic E-state index is 0. The number of rotatable bonds is 18. The molecule has 6 rings (SSSR count). The van der Waals surface area contributed by atoms with Crippen LogP contribution < -0.4 is 20.4 Å². The molecule has 2 heterocycles. The van der Waals surface area contributed by atoms with Crippen molar-refractivity contribution in [2.75, 3.05) is 36.1 Å². The van der Waals surface area contributed by atoms with E-state index >= 15 is 0 Å². The van der Waals surface area contributed by atoms with E-state index in [0.29, 0.717) is 62.7 Å². The number of benzene rings is 4. The van der Waals surface area contributed by atoms with Crippen molar-refractivity contribution in [1.82, 2.24) is 10.6 Å². The number of ether oxygens (including phenoxy) is 2. The van der Waals surface area contributed by atoms with Crippen molar-refractivity contribution in [3.63, 3.8) is 0 Å². The van der Waals surface area contributed by atoms with E-state index in [1.54, 1.807) is 38.1 Å². The molecule has 0 radical (unpaired) electrons. The highest BCUT2D eigenvalue weighted by molar-refractivity contribution is 6.03. The van der Waals surface area contributed by atoms with Crippen molar-refractivity contribution in [1.29, 1.82) is 0 Å². The molecular weight excluding hydrogens is 828 g/mol. The van der Waals surface area contributed by atoms with Gasteiger partial charge < -0.3 is 19.7 Å². The lowest BCUT2D eigenvalue weighted by Crippen LogP contribution is -2.53. The highest BCUT2D eigenvalue weighted by atomic mass is 35.5. The van der Waals surface area contributed by atoms with Crippen LogP contribution in [0.15, 0.2) is 109 Å². The second kappa shape index (κ2) is 25.1. The number of carbonyl (C=O) groups excluding carboxylic acids is 4. The maximum atomic E-state index is 13.3. The van der Waals surface area contributed by atoms with Gasteiger partial charge in [0, 0.05) is 11.4 Å². The van der Waals surface area contributed by atoms with Crippen LogP contribution in [0.3, 0.4) is 0 Å². The number of nitrogens with one attached hydrogen (secondary N) is 2. The molecule has 0 saturated heterocycles. The number of anilines is 2. The largest absolute Gasteiger partial charge is 0.480 e. The number of amides is 2. The molecule has 4 aromatic carbocycles.